The molecule has 1 unspecified atom stereocenters. The second-order valence-corrected chi connectivity index (χ2v) is 7.21. The first-order chi connectivity index (χ1) is 12.3. The summed E-state index contributed by atoms with van der Waals surface area (Å²) in [7, 11) is 0. The Bertz CT molecular complexity index is 654. The van der Waals surface area contributed by atoms with Gasteiger partial charge in [-0.2, -0.15) is 0 Å². The largest absolute Gasteiger partial charge is 0.372 e. The first-order valence-electron chi connectivity index (χ1n) is 9.23. The number of pyridine rings is 1. The van der Waals surface area contributed by atoms with Crippen LogP contribution < -0.4 is 0 Å². The molecule has 1 atom stereocenters. The van der Waals surface area contributed by atoms with Crippen LogP contribution in [0.2, 0.25) is 0 Å². The summed E-state index contributed by atoms with van der Waals surface area (Å²) < 4.78 is 12.3. The van der Waals surface area contributed by atoms with Gasteiger partial charge in [-0.1, -0.05) is 36.4 Å². The Morgan fingerprint density at radius 1 is 1.08 bits per heavy atom. The van der Waals surface area contributed by atoms with Gasteiger partial charge in [-0.25, -0.2) is 0 Å². The minimum Gasteiger partial charge on any atom is -0.372 e. The first-order valence-corrected chi connectivity index (χ1v) is 9.23. The molecule has 2 aliphatic heterocycles. The molecule has 2 aliphatic rings. The molecule has 25 heavy (non-hydrogen) atoms. The van der Waals surface area contributed by atoms with E-state index in [0.29, 0.717) is 6.61 Å². The van der Waals surface area contributed by atoms with Crippen LogP contribution in [0.3, 0.4) is 0 Å². The fourth-order valence-corrected chi connectivity index (χ4v) is 3.89. The molecule has 0 saturated carbocycles. The lowest BCUT2D eigenvalue weighted by molar-refractivity contribution is -0.0470. The van der Waals surface area contributed by atoms with Crippen molar-refractivity contribution in [2.75, 3.05) is 19.7 Å². The number of ether oxygens (including phenoxy) is 2. The maximum Gasteiger partial charge on any atom is 0.0840 e. The van der Waals surface area contributed by atoms with Crippen molar-refractivity contribution in [3.05, 3.63) is 66.0 Å². The van der Waals surface area contributed by atoms with Gasteiger partial charge in [0.05, 0.1) is 30.6 Å². The monoisotopic (exact) mass is 338 g/mol. The fraction of sp³-hybridized carbons (Fsp3) is 0.476. The van der Waals surface area contributed by atoms with E-state index in [1.54, 1.807) is 0 Å². The third kappa shape index (κ3) is 4.27. The van der Waals surface area contributed by atoms with E-state index in [0.717, 1.165) is 51.2 Å². The van der Waals surface area contributed by atoms with E-state index in [4.69, 9.17) is 9.47 Å². The van der Waals surface area contributed by atoms with Gasteiger partial charge in [0, 0.05) is 32.3 Å². The number of aromatic nitrogens is 1. The van der Waals surface area contributed by atoms with E-state index in [1.807, 2.05) is 18.3 Å². The van der Waals surface area contributed by atoms with Crippen molar-refractivity contribution < 1.29 is 9.47 Å². The molecule has 1 aromatic carbocycles. The van der Waals surface area contributed by atoms with Crippen LogP contribution in [-0.4, -0.2) is 41.3 Å². The van der Waals surface area contributed by atoms with Crippen molar-refractivity contribution in [3.8, 4) is 0 Å². The molecule has 0 radical (unpaired) electrons. The molecular weight excluding hydrogens is 312 g/mol. The molecule has 4 rings (SSSR count). The van der Waals surface area contributed by atoms with E-state index < -0.39 is 0 Å². The summed E-state index contributed by atoms with van der Waals surface area (Å²) in [5.74, 6) is 0. The standard InChI is InChI=1S/C21H26N2O2/c1-2-6-18(7-3-1)16-24-20-14-21(25-17-20)9-12-23(13-10-21)15-19-8-4-5-11-22-19/h1-8,11,20H,9-10,12-17H2. The number of piperidine rings is 1. The van der Waals surface area contributed by atoms with Gasteiger partial charge >= 0.3 is 0 Å². The van der Waals surface area contributed by atoms with Gasteiger partial charge in [0.1, 0.15) is 0 Å². The van der Waals surface area contributed by atoms with Crippen LogP contribution in [0.1, 0.15) is 30.5 Å². The molecule has 1 spiro atoms. The zero-order valence-corrected chi connectivity index (χ0v) is 14.6. The Balaban J connectivity index is 1.24. The van der Waals surface area contributed by atoms with E-state index in [1.165, 1.54) is 5.56 Å². The maximum atomic E-state index is 6.21. The molecule has 0 N–H and O–H groups in total. The predicted molar refractivity (Wildman–Crippen MR) is 97.1 cm³/mol. The highest BCUT2D eigenvalue weighted by Crippen LogP contribution is 2.37. The van der Waals surface area contributed by atoms with E-state index in [-0.39, 0.29) is 11.7 Å². The molecule has 3 heterocycles. The van der Waals surface area contributed by atoms with Crippen LogP contribution in [0.15, 0.2) is 54.7 Å². The lowest BCUT2D eigenvalue weighted by Crippen LogP contribution is -2.44. The zero-order chi connectivity index (χ0) is 17.0. The zero-order valence-electron chi connectivity index (χ0n) is 14.6. The minimum atomic E-state index is 0.0297. The predicted octanol–water partition coefficient (Wildman–Crippen LogP) is 3.42. The smallest absolute Gasteiger partial charge is 0.0840 e. The van der Waals surface area contributed by atoms with Gasteiger partial charge in [-0.3, -0.25) is 9.88 Å². The number of nitrogens with zero attached hydrogens (tertiary/aromatic N) is 2. The van der Waals surface area contributed by atoms with Gasteiger partial charge < -0.3 is 9.47 Å². The third-order valence-corrected chi connectivity index (χ3v) is 5.38. The highest BCUT2D eigenvalue weighted by atomic mass is 16.6. The summed E-state index contributed by atoms with van der Waals surface area (Å²) in [5, 5.41) is 0. The number of hydrogen-bond donors (Lipinski definition) is 0. The lowest BCUT2D eigenvalue weighted by atomic mass is 9.88. The third-order valence-electron chi connectivity index (χ3n) is 5.38. The van der Waals surface area contributed by atoms with Crippen LogP contribution in [0.4, 0.5) is 0 Å². The van der Waals surface area contributed by atoms with E-state index in [2.05, 4.69) is 46.3 Å². The van der Waals surface area contributed by atoms with Crippen molar-refractivity contribution in [2.24, 2.45) is 0 Å². The Labute approximate surface area is 149 Å². The molecule has 2 saturated heterocycles. The Hall–Kier alpha value is -1.75. The number of rotatable bonds is 5. The fourth-order valence-electron chi connectivity index (χ4n) is 3.89. The van der Waals surface area contributed by atoms with E-state index in [9.17, 15) is 0 Å². The van der Waals surface area contributed by atoms with Gasteiger partial charge in [0.15, 0.2) is 0 Å². The Morgan fingerprint density at radius 3 is 2.64 bits per heavy atom. The molecule has 4 heteroatoms. The average molecular weight is 338 g/mol. The topological polar surface area (TPSA) is 34.6 Å². The second kappa shape index (κ2) is 7.65. The Morgan fingerprint density at radius 2 is 1.88 bits per heavy atom. The number of hydrogen-bond acceptors (Lipinski definition) is 4. The van der Waals surface area contributed by atoms with E-state index >= 15 is 0 Å². The SMILES string of the molecule is c1ccc(COC2COC3(CCN(Cc4ccccn4)CC3)C2)cc1. The minimum absolute atomic E-state index is 0.0297. The summed E-state index contributed by atoms with van der Waals surface area (Å²) in [6, 6.07) is 16.5. The molecule has 132 valence electrons. The van der Waals surface area contributed by atoms with Crippen LogP contribution >= 0.6 is 0 Å². The molecule has 0 bridgehead atoms. The van der Waals surface area contributed by atoms with Gasteiger partial charge in [-0.05, 0) is 30.5 Å². The number of benzene rings is 1. The number of likely N-dealkylation sites (tertiary alicyclic amines) is 1. The van der Waals surface area contributed by atoms with Crippen LogP contribution in [0.25, 0.3) is 0 Å². The lowest BCUT2D eigenvalue weighted by Gasteiger charge is -2.38. The van der Waals surface area contributed by atoms with Crippen molar-refractivity contribution in [2.45, 2.75) is 44.1 Å². The van der Waals surface area contributed by atoms with Crippen molar-refractivity contribution >= 4 is 0 Å². The molecule has 0 amide bonds. The van der Waals surface area contributed by atoms with Gasteiger partial charge in [0.2, 0.25) is 0 Å². The van der Waals surface area contributed by atoms with Crippen molar-refractivity contribution in [1.82, 2.24) is 9.88 Å². The summed E-state index contributed by atoms with van der Waals surface area (Å²) in [4.78, 5) is 6.92. The maximum absolute atomic E-state index is 6.21. The summed E-state index contributed by atoms with van der Waals surface area (Å²) >= 11 is 0. The summed E-state index contributed by atoms with van der Waals surface area (Å²) in [6.45, 7) is 4.48. The van der Waals surface area contributed by atoms with Crippen molar-refractivity contribution in [1.29, 1.82) is 0 Å². The second-order valence-electron chi connectivity index (χ2n) is 7.21. The normalized spacial score (nSPS) is 23.1. The highest BCUT2D eigenvalue weighted by Gasteiger charge is 2.43. The van der Waals surface area contributed by atoms with Crippen LogP contribution in [0, 0.1) is 0 Å². The first kappa shape index (κ1) is 16.7. The van der Waals surface area contributed by atoms with Gasteiger partial charge in [-0.15, -0.1) is 0 Å². The van der Waals surface area contributed by atoms with Crippen LogP contribution in [-0.2, 0) is 22.6 Å². The molecular formula is C21H26N2O2. The molecule has 0 aliphatic carbocycles. The quantitative estimate of drug-likeness (QED) is 0.837. The Kier molecular flexibility index (Phi) is 5.11. The van der Waals surface area contributed by atoms with Gasteiger partial charge in [0.25, 0.3) is 0 Å². The summed E-state index contributed by atoms with van der Waals surface area (Å²) in [5.41, 5.74) is 2.41. The van der Waals surface area contributed by atoms with Crippen molar-refractivity contribution in [3.63, 3.8) is 0 Å². The highest BCUT2D eigenvalue weighted by molar-refractivity contribution is 5.13. The molecule has 2 fully saturated rings. The average Bonchev–Trinajstić information content (AvgIpc) is 3.07. The van der Waals surface area contributed by atoms with Crippen LogP contribution in [0.5, 0.6) is 0 Å². The molecule has 4 nitrogen and oxygen atoms in total. The molecule has 2 aromatic rings. The summed E-state index contributed by atoms with van der Waals surface area (Å²) in [6.07, 6.45) is 5.30. The molecule has 1 aromatic heterocycles.